The Hall–Kier alpha value is -4.21. The Morgan fingerprint density at radius 1 is 0.744 bits per heavy atom. The van der Waals surface area contributed by atoms with Crippen molar-refractivity contribution >= 4 is 29.6 Å². The molecule has 0 heterocycles. The fourth-order valence-electron chi connectivity index (χ4n) is 3.95. The fraction of sp³-hybridized carbons (Fsp3) is 0.414. The summed E-state index contributed by atoms with van der Waals surface area (Å²) in [4.78, 5) is 63.7. The first kappa shape index (κ1) is 31.0. The SMILES string of the molecule is CC(C)CC(NC(=O)O)C(=O)NC(Cc1ccccc1)C(=O)NN(CC(C)C)C(=O)C(=O)Cc1ccccc1. The van der Waals surface area contributed by atoms with E-state index in [4.69, 9.17) is 0 Å². The second-order valence-electron chi connectivity index (χ2n) is 10.3. The summed E-state index contributed by atoms with van der Waals surface area (Å²) in [6, 6.07) is 15.6. The van der Waals surface area contributed by atoms with Crippen LogP contribution in [0.1, 0.15) is 45.2 Å². The monoisotopic (exact) mass is 538 g/mol. The van der Waals surface area contributed by atoms with Gasteiger partial charge in [0.2, 0.25) is 11.7 Å². The molecule has 0 spiro atoms. The van der Waals surface area contributed by atoms with Gasteiger partial charge in [0.25, 0.3) is 5.91 Å². The number of carboxylic acid groups (broad SMARTS) is 1. The van der Waals surface area contributed by atoms with Crippen molar-refractivity contribution in [2.45, 2.75) is 59.0 Å². The van der Waals surface area contributed by atoms with E-state index in [-0.39, 0.29) is 37.6 Å². The molecule has 2 atom stereocenters. The van der Waals surface area contributed by atoms with Gasteiger partial charge < -0.3 is 15.7 Å². The van der Waals surface area contributed by atoms with Crippen molar-refractivity contribution in [1.82, 2.24) is 21.1 Å². The number of carbonyl (C=O) groups excluding carboxylic acids is 4. The summed E-state index contributed by atoms with van der Waals surface area (Å²) in [6.07, 6.45) is -1.16. The van der Waals surface area contributed by atoms with E-state index in [0.29, 0.717) is 5.56 Å². The molecule has 0 fully saturated rings. The van der Waals surface area contributed by atoms with Gasteiger partial charge in [-0.15, -0.1) is 0 Å². The number of ketones is 1. The van der Waals surface area contributed by atoms with E-state index in [1.54, 1.807) is 54.6 Å². The highest BCUT2D eigenvalue weighted by atomic mass is 16.4. The number of amides is 4. The Morgan fingerprint density at radius 2 is 1.31 bits per heavy atom. The summed E-state index contributed by atoms with van der Waals surface area (Å²) < 4.78 is 0. The minimum Gasteiger partial charge on any atom is -0.465 e. The van der Waals surface area contributed by atoms with Gasteiger partial charge in [-0.1, -0.05) is 88.4 Å². The minimum absolute atomic E-state index is 0.00350. The molecule has 2 aromatic carbocycles. The molecular weight excluding hydrogens is 500 g/mol. The summed E-state index contributed by atoms with van der Waals surface area (Å²) in [5, 5.41) is 15.0. The molecule has 2 rings (SSSR count). The lowest BCUT2D eigenvalue weighted by Gasteiger charge is -2.28. The van der Waals surface area contributed by atoms with Crippen molar-refractivity contribution in [3.8, 4) is 0 Å². The molecule has 10 nitrogen and oxygen atoms in total. The molecule has 0 bridgehead atoms. The molecule has 0 aliphatic rings. The number of nitrogens with zero attached hydrogens (tertiary/aromatic N) is 1. The highest BCUT2D eigenvalue weighted by Gasteiger charge is 2.31. The second kappa shape index (κ2) is 15.3. The maximum Gasteiger partial charge on any atom is 0.405 e. The van der Waals surface area contributed by atoms with Crippen molar-refractivity contribution < 1.29 is 29.1 Å². The molecule has 10 heteroatoms. The summed E-state index contributed by atoms with van der Waals surface area (Å²) in [7, 11) is 0. The van der Waals surface area contributed by atoms with Gasteiger partial charge in [-0.3, -0.25) is 24.6 Å². The third-order valence-electron chi connectivity index (χ3n) is 5.72. The molecular formula is C29H38N4O6. The van der Waals surface area contributed by atoms with Gasteiger partial charge >= 0.3 is 12.0 Å². The van der Waals surface area contributed by atoms with Crippen molar-refractivity contribution in [3.63, 3.8) is 0 Å². The van der Waals surface area contributed by atoms with Crippen LogP contribution in [0.15, 0.2) is 60.7 Å². The van der Waals surface area contributed by atoms with E-state index in [2.05, 4.69) is 16.1 Å². The molecule has 0 saturated carbocycles. The van der Waals surface area contributed by atoms with Gasteiger partial charge in [0.1, 0.15) is 12.1 Å². The highest BCUT2D eigenvalue weighted by Crippen LogP contribution is 2.09. The molecule has 210 valence electrons. The molecule has 0 radical (unpaired) electrons. The molecule has 0 saturated heterocycles. The Labute approximate surface area is 229 Å². The van der Waals surface area contributed by atoms with Crippen LogP contribution in [0.5, 0.6) is 0 Å². The van der Waals surface area contributed by atoms with Gasteiger partial charge in [-0.25, -0.2) is 9.80 Å². The van der Waals surface area contributed by atoms with Crippen molar-refractivity contribution in [2.24, 2.45) is 11.8 Å². The summed E-state index contributed by atoms with van der Waals surface area (Å²) in [5.41, 5.74) is 3.95. The third-order valence-corrected chi connectivity index (χ3v) is 5.72. The first-order valence-electron chi connectivity index (χ1n) is 13.0. The quantitative estimate of drug-likeness (QED) is 0.228. The summed E-state index contributed by atoms with van der Waals surface area (Å²) >= 11 is 0. The van der Waals surface area contributed by atoms with Crippen LogP contribution in [-0.2, 0) is 32.0 Å². The Kier molecular flexibility index (Phi) is 12.1. The van der Waals surface area contributed by atoms with Crippen LogP contribution in [-0.4, -0.2) is 58.3 Å². The first-order valence-corrected chi connectivity index (χ1v) is 13.0. The Morgan fingerprint density at radius 3 is 1.82 bits per heavy atom. The average molecular weight is 539 g/mol. The van der Waals surface area contributed by atoms with Gasteiger partial charge in [-0.05, 0) is 29.4 Å². The number of rotatable bonds is 13. The first-order chi connectivity index (χ1) is 18.5. The van der Waals surface area contributed by atoms with Crippen LogP contribution in [0.2, 0.25) is 0 Å². The molecule has 2 aromatic rings. The van der Waals surface area contributed by atoms with E-state index in [0.717, 1.165) is 10.6 Å². The van der Waals surface area contributed by atoms with Crippen molar-refractivity contribution in [1.29, 1.82) is 0 Å². The number of nitrogens with one attached hydrogen (secondary N) is 3. The zero-order valence-electron chi connectivity index (χ0n) is 22.8. The number of hydrogen-bond donors (Lipinski definition) is 4. The van der Waals surface area contributed by atoms with E-state index in [9.17, 15) is 29.1 Å². The second-order valence-corrected chi connectivity index (χ2v) is 10.3. The Balaban J connectivity index is 2.26. The zero-order chi connectivity index (χ0) is 28.9. The minimum atomic E-state index is -1.36. The lowest BCUT2D eigenvalue weighted by Crippen LogP contribution is -2.59. The molecule has 4 amide bonds. The van der Waals surface area contributed by atoms with Crippen LogP contribution in [0.3, 0.4) is 0 Å². The fourth-order valence-corrected chi connectivity index (χ4v) is 3.95. The number of benzene rings is 2. The van der Waals surface area contributed by atoms with Crippen LogP contribution in [0.4, 0.5) is 4.79 Å². The lowest BCUT2D eigenvalue weighted by molar-refractivity contribution is -0.150. The molecule has 4 N–H and O–H groups in total. The highest BCUT2D eigenvalue weighted by molar-refractivity contribution is 6.36. The zero-order valence-corrected chi connectivity index (χ0v) is 22.8. The van der Waals surface area contributed by atoms with E-state index >= 15 is 0 Å². The van der Waals surface area contributed by atoms with Gasteiger partial charge in [0, 0.05) is 19.4 Å². The van der Waals surface area contributed by atoms with Crippen LogP contribution in [0.25, 0.3) is 0 Å². The molecule has 0 aliphatic carbocycles. The standard InChI is InChI=1S/C29H38N4O6/c1-19(2)15-23(31-29(38)39)26(35)30-24(16-21-11-7-5-8-12-21)27(36)32-33(18-20(3)4)28(37)25(34)17-22-13-9-6-10-14-22/h5-14,19-20,23-24,31H,15-18H2,1-4H3,(H,30,35)(H,32,36)(H,38,39). The van der Waals surface area contributed by atoms with Crippen molar-refractivity contribution in [3.05, 3.63) is 71.8 Å². The smallest absolute Gasteiger partial charge is 0.405 e. The number of Topliss-reactive ketones (excluding diaryl/α,β-unsaturated/α-hetero) is 1. The lowest BCUT2D eigenvalue weighted by atomic mass is 10.0. The molecule has 0 aromatic heterocycles. The van der Waals surface area contributed by atoms with Gasteiger partial charge in [0.15, 0.2) is 0 Å². The molecule has 2 unspecified atom stereocenters. The molecule has 39 heavy (non-hydrogen) atoms. The van der Waals surface area contributed by atoms with E-state index in [1.807, 2.05) is 33.8 Å². The normalized spacial score (nSPS) is 12.4. The number of hydrazine groups is 1. The third kappa shape index (κ3) is 11.0. The van der Waals surface area contributed by atoms with Gasteiger partial charge in [-0.2, -0.15) is 0 Å². The number of carbonyl (C=O) groups is 5. The van der Waals surface area contributed by atoms with E-state index in [1.165, 1.54) is 0 Å². The molecule has 0 aliphatic heterocycles. The van der Waals surface area contributed by atoms with Crippen LogP contribution >= 0.6 is 0 Å². The van der Waals surface area contributed by atoms with Crippen LogP contribution < -0.4 is 16.1 Å². The van der Waals surface area contributed by atoms with Crippen molar-refractivity contribution in [2.75, 3.05) is 6.54 Å². The topological polar surface area (TPSA) is 145 Å². The Bertz CT molecular complexity index is 1120. The predicted molar refractivity (Wildman–Crippen MR) is 146 cm³/mol. The summed E-state index contributed by atoms with van der Waals surface area (Å²) in [5.74, 6) is -2.99. The van der Waals surface area contributed by atoms with Crippen LogP contribution in [0, 0.1) is 11.8 Å². The largest absolute Gasteiger partial charge is 0.465 e. The predicted octanol–water partition coefficient (Wildman–Crippen LogP) is 2.72. The van der Waals surface area contributed by atoms with Gasteiger partial charge in [0.05, 0.1) is 0 Å². The maximum absolute atomic E-state index is 13.5. The maximum atomic E-state index is 13.5. The average Bonchev–Trinajstić information content (AvgIpc) is 2.87. The van der Waals surface area contributed by atoms with E-state index < -0.39 is 41.7 Å². The summed E-state index contributed by atoms with van der Waals surface area (Å²) in [6.45, 7) is 7.45. The number of hydrogen-bond acceptors (Lipinski definition) is 5.